The standard InChI is InChI=1S/C15H20FNO2/c1-11(2)15(7-8-17-10-15)14(18)19-9-12-5-3-4-6-13(12)16/h3-6,11,17H,7-10H2,1-2H3. The van der Waals surface area contributed by atoms with Crippen molar-refractivity contribution in [1.82, 2.24) is 5.32 Å². The fraction of sp³-hybridized carbons (Fsp3) is 0.533. The third kappa shape index (κ3) is 2.78. The lowest BCUT2D eigenvalue weighted by Gasteiger charge is -2.29. The molecule has 2 rings (SSSR count). The summed E-state index contributed by atoms with van der Waals surface area (Å²) in [7, 11) is 0. The molecule has 1 heterocycles. The molecular weight excluding hydrogens is 245 g/mol. The Labute approximate surface area is 113 Å². The molecule has 1 unspecified atom stereocenters. The van der Waals surface area contributed by atoms with Crippen LogP contribution in [0.3, 0.4) is 0 Å². The van der Waals surface area contributed by atoms with Gasteiger partial charge in [-0.1, -0.05) is 32.0 Å². The van der Waals surface area contributed by atoms with Crippen molar-refractivity contribution in [3.63, 3.8) is 0 Å². The number of ether oxygens (including phenoxy) is 1. The fourth-order valence-corrected chi connectivity index (χ4v) is 2.52. The summed E-state index contributed by atoms with van der Waals surface area (Å²) in [4.78, 5) is 12.3. The molecule has 0 spiro atoms. The molecule has 0 aliphatic carbocycles. The number of hydrogen-bond acceptors (Lipinski definition) is 3. The van der Waals surface area contributed by atoms with Crippen LogP contribution in [0.25, 0.3) is 0 Å². The Hall–Kier alpha value is -1.42. The highest BCUT2D eigenvalue weighted by Crippen LogP contribution is 2.35. The first-order valence-corrected chi connectivity index (χ1v) is 6.67. The summed E-state index contributed by atoms with van der Waals surface area (Å²) in [5.41, 5.74) is -0.0497. The molecular formula is C15H20FNO2. The average Bonchev–Trinajstić information content (AvgIpc) is 2.88. The van der Waals surface area contributed by atoms with Gasteiger partial charge in [0.25, 0.3) is 0 Å². The zero-order valence-electron chi connectivity index (χ0n) is 11.4. The molecule has 1 N–H and O–H groups in total. The van der Waals surface area contributed by atoms with Crippen LogP contribution in [0, 0.1) is 17.2 Å². The van der Waals surface area contributed by atoms with Gasteiger partial charge in [0, 0.05) is 12.1 Å². The van der Waals surface area contributed by atoms with Crippen molar-refractivity contribution < 1.29 is 13.9 Å². The summed E-state index contributed by atoms with van der Waals surface area (Å²) in [6, 6.07) is 6.37. The molecule has 3 nitrogen and oxygen atoms in total. The smallest absolute Gasteiger partial charge is 0.314 e. The van der Waals surface area contributed by atoms with Gasteiger partial charge in [0.2, 0.25) is 0 Å². The van der Waals surface area contributed by atoms with E-state index in [1.54, 1.807) is 18.2 Å². The maximum Gasteiger partial charge on any atom is 0.314 e. The van der Waals surface area contributed by atoms with E-state index in [0.29, 0.717) is 12.1 Å². The van der Waals surface area contributed by atoms with E-state index in [-0.39, 0.29) is 24.3 Å². The van der Waals surface area contributed by atoms with Crippen molar-refractivity contribution in [2.24, 2.45) is 11.3 Å². The maximum atomic E-state index is 13.5. The Morgan fingerprint density at radius 2 is 2.21 bits per heavy atom. The molecule has 0 aromatic heterocycles. The monoisotopic (exact) mass is 265 g/mol. The van der Waals surface area contributed by atoms with Crippen LogP contribution in [0.4, 0.5) is 4.39 Å². The summed E-state index contributed by atoms with van der Waals surface area (Å²) in [5, 5.41) is 3.21. The lowest BCUT2D eigenvalue weighted by Crippen LogP contribution is -2.39. The topological polar surface area (TPSA) is 38.3 Å². The number of carbonyl (C=O) groups is 1. The largest absolute Gasteiger partial charge is 0.460 e. The predicted molar refractivity (Wildman–Crippen MR) is 71.0 cm³/mol. The van der Waals surface area contributed by atoms with E-state index in [1.807, 2.05) is 13.8 Å². The van der Waals surface area contributed by atoms with E-state index in [1.165, 1.54) is 6.07 Å². The zero-order chi connectivity index (χ0) is 13.9. The quantitative estimate of drug-likeness (QED) is 0.850. The highest BCUT2D eigenvalue weighted by molar-refractivity contribution is 5.78. The highest BCUT2D eigenvalue weighted by Gasteiger charge is 2.45. The SMILES string of the molecule is CC(C)C1(C(=O)OCc2ccccc2F)CCNC1. The van der Waals surface area contributed by atoms with Gasteiger partial charge in [0.15, 0.2) is 0 Å². The van der Waals surface area contributed by atoms with Gasteiger partial charge in [0.05, 0.1) is 5.41 Å². The fourth-order valence-electron chi connectivity index (χ4n) is 2.52. The average molecular weight is 265 g/mol. The number of benzene rings is 1. The van der Waals surface area contributed by atoms with Crippen molar-refractivity contribution in [2.75, 3.05) is 13.1 Å². The molecule has 0 radical (unpaired) electrons. The van der Waals surface area contributed by atoms with Crippen LogP contribution < -0.4 is 5.32 Å². The Kier molecular flexibility index (Phi) is 4.20. The first kappa shape index (κ1) is 14.0. The Morgan fingerprint density at radius 1 is 1.47 bits per heavy atom. The Bertz CT molecular complexity index is 453. The lowest BCUT2D eigenvalue weighted by molar-refractivity contribution is -0.159. The predicted octanol–water partition coefficient (Wildman–Crippen LogP) is 2.50. The van der Waals surface area contributed by atoms with Crippen LogP contribution in [0.5, 0.6) is 0 Å². The molecule has 1 aromatic rings. The van der Waals surface area contributed by atoms with Gasteiger partial charge < -0.3 is 10.1 Å². The third-order valence-corrected chi connectivity index (χ3v) is 4.02. The lowest BCUT2D eigenvalue weighted by atomic mass is 9.76. The molecule has 1 fully saturated rings. The number of carbonyl (C=O) groups excluding carboxylic acids is 1. The normalized spacial score (nSPS) is 22.7. The molecule has 1 aromatic carbocycles. The molecule has 1 aliphatic heterocycles. The van der Waals surface area contributed by atoms with Crippen molar-refractivity contribution in [2.45, 2.75) is 26.9 Å². The van der Waals surface area contributed by atoms with Crippen LogP contribution in [0.2, 0.25) is 0 Å². The Morgan fingerprint density at radius 3 is 2.79 bits per heavy atom. The summed E-state index contributed by atoms with van der Waals surface area (Å²) in [6.45, 7) is 5.52. The van der Waals surface area contributed by atoms with Crippen LogP contribution >= 0.6 is 0 Å². The van der Waals surface area contributed by atoms with Gasteiger partial charge in [-0.15, -0.1) is 0 Å². The molecule has 4 heteroatoms. The van der Waals surface area contributed by atoms with E-state index in [4.69, 9.17) is 4.74 Å². The number of esters is 1. The van der Waals surface area contributed by atoms with Crippen LogP contribution in [0.15, 0.2) is 24.3 Å². The second-order valence-corrected chi connectivity index (χ2v) is 5.41. The third-order valence-electron chi connectivity index (χ3n) is 4.02. The van der Waals surface area contributed by atoms with Gasteiger partial charge in [-0.25, -0.2) is 4.39 Å². The van der Waals surface area contributed by atoms with E-state index in [9.17, 15) is 9.18 Å². The van der Waals surface area contributed by atoms with E-state index in [0.717, 1.165) is 13.0 Å². The molecule has 0 saturated carbocycles. The van der Waals surface area contributed by atoms with E-state index in [2.05, 4.69) is 5.32 Å². The van der Waals surface area contributed by atoms with Gasteiger partial charge in [-0.05, 0) is 24.9 Å². The summed E-state index contributed by atoms with van der Waals surface area (Å²) >= 11 is 0. The minimum absolute atomic E-state index is 0.0000231. The number of rotatable bonds is 4. The summed E-state index contributed by atoms with van der Waals surface area (Å²) < 4.78 is 18.8. The first-order chi connectivity index (χ1) is 9.06. The van der Waals surface area contributed by atoms with Crippen LogP contribution in [-0.2, 0) is 16.1 Å². The van der Waals surface area contributed by atoms with Gasteiger partial charge >= 0.3 is 5.97 Å². The van der Waals surface area contributed by atoms with Crippen molar-refractivity contribution in [1.29, 1.82) is 0 Å². The van der Waals surface area contributed by atoms with Gasteiger partial charge in [0.1, 0.15) is 12.4 Å². The van der Waals surface area contributed by atoms with E-state index >= 15 is 0 Å². The van der Waals surface area contributed by atoms with Crippen LogP contribution in [-0.4, -0.2) is 19.1 Å². The molecule has 104 valence electrons. The molecule has 1 saturated heterocycles. The zero-order valence-corrected chi connectivity index (χ0v) is 11.4. The molecule has 19 heavy (non-hydrogen) atoms. The number of hydrogen-bond donors (Lipinski definition) is 1. The number of halogens is 1. The molecule has 1 atom stereocenters. The second-order valence-electron chi connectivity index (χ2n) is 5.41. The Balaban J connectivity index is 2.03. The van der Waals surface area contributed by atoms with Crippen LogP contribution in [0.1, 0.15) is 25.8 Å². The minimum atomic E-state index is -0.467. The molecule has 0 bridgehead atoms. The second kappa shape index (κ2) is 5.70. The number of nitrogens with one attached hydrogen (secondary N) is 1. The molecule has 1 aliphatic rings. The van der Waals surface area contributed by atoms with Gasteiger partial charge in [-0.2, -0.15) is 0 Å². The minimum Gasteiger partial charge on any atom is -0.460 e. The summed E-state index contributed by atoms with van der Waals surface area (Å²) in [6.07, 6.45) is 0.779. The molecule has 0 amide bonds. The van der Waals surface area contributed by atoms with Crippen molar-refractivity contribution in [3.05, 3.63) is 35.6 Å². The van der Waals surface area contributed by atoms with Gasteiger partial charge in [-0.3, -0.25) is 4.79 Å². The van der Waals surface area contributed by atoms with Crippen molar-refractivity contribution in [3.8, 4) is 0 Å². The van der Waals surface area contributed by atoms with Crippen molar-refractivity contribution >= 4 is 5.97 Å². The first-order valence-electron chi connectivity index (χ1n) is 6.67. The summed E-state index contributed by atoms with van der Waals surface area (Å²) in [5.74, 6) is -0.357. The highest BCUT2D eigenvalue weighted by atomic mass is 19.1. The van der Waals surface area contributed by atoms with E-state index < -0.39 is 5.41 Å². The maximum absolute atomic E-state index is 13.5.